The number of benzene rings is 3. The first-order valence-corrected chi connectivity index (χ1v) is 13.2. The van der Waals surface area contributed by atoms with Crippen LogP contribution in [0.15, 0.2) is 84.9 Å². The molecule has 0 atom stereocenters. The van der Waals surface area contributed by atoms with Crippen molar-refractivity contribution in [1.29, 1.82) is 0 Å². The third-order valence-corrected chi connectivity index (χ3v) is 7.42. The van der Waals surface area contributed by atoms with E-state index >= 15 is 0 Å². The normalized spacial score (nSPS) is 15.6. The Morgan fingerprint density at radius 2 is 1.42 bits per heavy atom. The average molecular weight is 477 g/mol. The van der Waals surface area contributed by atoms with E-state index < -0.39 is 0 Å². The van der Waals surface area contributed by atoms with E-state index in [1.165, 1.54) is 17.7 Å². The minimum atomic E-state index is 0.0249. The third-order valence-electron chi connectivity index (χ3n) is 7.42. The molecule has 4 aromatic rings. The summed E-state index contributed by atoms with van der Waals surface area (Å²) in [7, 11) is 0. The Kier molecular flexibility index (Phi) is 6.29. The number of hydrogen-bond acceptors (Lipinski definition) is 3. The molecule has 3 aromatic carbocycles. The van der Waals surface area contributed by atoms with Gasteiger partial charge >= 0.3 is 0 Å². The summed E-state index contributed by atoms with van der Waals surface area (Å²) >= 11 is 0. The minimum absolute atomic E-state index is 0.0249. The lowest BCUT2D eigenvalue weighted by Gasteiger charge is -2.26. The molecule has 0 bridgehead atoms. The summed E-state index contributed by atoms with van der Waals surface area (Å²) in [6, 6.07) is 29.2. The number of anilines is 2. The summed E-state index contributed by atoms with van der Waals surface area (Å²) in [4.78, 5) is 18.6. The molecular formula is C31H32N4O. The lowest BCUT2D eigenvalue weighted by molar-refractivity contribution is 0.0981. The maximum atomic E-state index is 14.2. The van der Waals surface area contributed by atoms with E-state index in [0.29, 0.717) is 12.2 Å². The number of aromatic nitrogens is 2. The van der Waals surface area contributed by atoms with E-state index in [9.17, 15) is 4.79 Å². The van der Waals surface area contributed by atoms with E-state index in [1.54, 1.807) is 0 Å². The molecular weight excluding hydrogens is 444 g/mol. The lowest BCUT2D eigenvalue weighted by Crippen LogP contribution is -2.32. The van der Waals surface area contributed by atoms with Gasteiger partial charge < -0.3 is 9.80 Å². The average Bonchev–Trinajstić information content (AvgIpc) is 3.05. The van der Waals surface area contributed by atoms with Crippen LogP contribution in [-0.4, -0.2) is 28.8 Å². The monoisotopic (exact) mass is 476 g/mol. The number of rotatable bonds is 4. The molecule has 0 saturated carbocycles. The van der Waals surface area contributed by atoms with Crippen LogP contribution in [-0.2, 0) is 19.4 Å². The van der Waals surface area contributed by atoms with Gasteiger partial charge in [0.2, 0.25) is 0 Å². The van der Waals surface area contributed by atoms with E-state index in [-0.39, 0.29) is 5.91 Å². The Balaban J connectivity index is 1.39. The largest absolute Gasteiger partial charge is 0.365 e. The molecule has 6 rings (SSSR count). The van der Waals surface area contributed by atoms with Crippen molar-refractivity contribution in [2.24, 2.45) is 0 Å². The minimum Gasteiger partial charge on any atom is -0.365 e. The van der Waals surface area contributed by atoms with Crippen molar-refractivity contribution < 1.29 is 4.79 Å². The van der Waals surface area contributed by atoms with Gasteiger partial charge in [-0.25, -0.2) is 4.68 Å². The Labute approximate surface area is 213 Å². The maximum Gasteiger partial charge on any atom is 0.279 e. The van der Waals surface area contributed by atoms with Crippen LogP contribution in [0.1, 0.15) is 53.0 Å². The molecule has 0 fully saturated rings. The molecule has 1 aromatic heterocycles. The fourth-order valence-corrected chi connectivity index (χ4v) is 5.66. The van der Waals surface area contributed by atoms with Crippen molar-refractivity contribution in [3.05, 3.63) is 107 Å². The maximum absolute atomic E-state index is 14.2. The number of para-hydroxylation sites is 3. The van der Waals surface area contributed by atoms with Crippen molar-refractivity contribution in [3.63, 3.8) is 0 Å². The van der Waals surface area contributed by atoms with Crippen molar-refractivity contribution in [2.45, 2.75) is 45.1 Å². The van der Waals surface area contributed by atoms with Gasteiger partial charge in [-0.2, -0.15) is 5.10 Å². The highest BCUT2D eigenvalue weighted by atomic mass is 16.2. The van der Waals surface area contributed by atoms with Crippen LogP contribution in [0.25, 0.3) is 5.69 Å². The van der Waals surface area contributed by atoms with Gasteiger partial charge in [-0.05, 0) is 61.9 Å². The highest BCUT2D eigenvalue weighted by molar-refractivity contribution is 6.08. The van der Waals surface area contributed by atoms with Crippen molar-refractivity contribution >= 4 is 17.3 Å². The van der Waals surface area contributed by atoms with Crippen LogP contribution in [0.5, 0.6) is 0 Å². The number of nitrogens with zero attached hydrogens (tertiary/aromatic N) is 4. The van der Waals surface area contributed by atoms with Crippen LogP contribution >= 0.6 is 0 Å². The molecule has 1 amide bonds. The third kappa shape index (κ3) is 4.30. The molecule has 0 N–H and O–H groups in total. The van der Waals surface area contributed by atoms with Crippen LogP contribution in [0.2, 0.25) is 0 Å². The smallest absolute Gasteiger partial charge is 0.279 e. The first-order chi connectivity index (χ1) is 17.8. The van der Waals surface area contributed by atoms with Gasteiger partial charge in [0.1, 0.15) is 0 Å². The van der Waals surface area contributed by atoms with Gasteiger partial charge in [-0.3, -0.25) is 4.79 Å². The first kappa shape index (κ1) is 22.6. The zero-order valence-corrected chi connectivity index (χ0v) is 20.6. The summed E-state index contributed by atoms with van der Waals surface area (Å²) in [5.41, 5.74) is 7.37. The molecule has 5 nitrogen and oxygen atoms in total. The van der Waals surface area contributed by atoms with Gasteiger partial charge in [0, 0.05) is 30.9 Å². The molecule has 0 saturated heterocycles. The fraction of sp³-hybridized carbons (Fsp3) is 0.290. The summed E-state index contributed by atoms with van der Waals surface area (Å²) in [6.07, 6.45) is 6.23. The molecule has 2 heterocycles. The number of carbonyl (C=O) groups excluding carboxylic acids is 1. The molecule has 0 spiro atoms. The van der Waals surface area contributed by atoms with Crippen LogP contribution in [0, 0.1) is 0 Å². The molecule has 2 aliphatic rings. The van der Waals surface area contributed by atoms with Gasteiger partial charge in [0.15, 0.2) is 5.69 Å². The van der Waals surface area contributed by atoms with E-state index in [2.05, 4.69) is 65.6 Å². The molecule has 1 aliphatic carbocycles. The second-order valence-corrected chi connectivity index (χ2v) is 9.79. The van der Waals surface area contributed by atoms with Crippen molar-refractivity contribution in [2.75, 3.05) is 22.9 Å². The van der Waals surface area contributed by atoms with Gasteiger partial charge in [0.05, 0.1) is 17.1 Å². The number of hydrogen-bond donors (Lipinski definition) is 0. The zero-order valence-electron chi connectivity index (χ0n) is 20.6. The number of amides is 1. The molecule has 0 unspecified atom stereocenters. The predicted octanol–water partition coefficient (Wildman–Crippen LogP) is 6.20. The van der Waals surface area contributed by atoms with E-state index in [0.717, 1.165) is 67.8 Å². The zero-order chi connectivity index (χ0) is 24.3. The summed E-state index contributed by atoms with van der Waals surface area (Å²) in [6.45, 7) is 2.43. The standard InChI is InChI=1S/C31H32N4O/c36-31(30-26-17-8-3-9-18-27(26)35(32-30)25-15-6-2-7-16-25)34-22-12-21-33(23-24-13-4-1-5-14-24)28-19-10-11-20-29(28)34/h1-2,4-7,10-11,13-16,19-20H,3,8-9,12,17-18,21-23H2. The molecule has 0 radical (unpaired) electrons. The van der Waals surface area contributed by atoms with Crippen LogP contribution < -0.4 is 9.80 Å². The molecule has 36 heavy (non-hydrogen) atoms. The summed E-state index contributed by atoms with van der Waals surface area (Å²) in [5.74, 6) is 0.0249. The predicted molar refractivity (Wildman–Crippen MR) is 145 cm³/mol. The fourth-order valence-electron chi connectivity index (χ4n) is 5.66. The Hall–Kier alpha value is -3.86. The van der Waals surface area contributed by atoms with Crippen LogP contribution in [0.4, 0.5) is 11.4 Å². The Morgan fingerprint density at radius 1 is 0.722 bits per heavy atom. The molecule has 1 aliphatic heterocycles. The second-order valence-electron chi connectivity index (χ2n) is 9.79. The highest BCUT2D eigenvalue weighted by Gasteiger charge is 2.31. The van der Waals surface area contributed by atoms with Crippen molar-refractivity contribution in [3.8, 4) is 5.69 Å². The topological polar surface area (TPSA) is 41.4 Å². The lowest BCUT2D eigenvalue weighted by atomic mass is 10.1. The second kappa shape index (κ2) is 10.0. The number of fused-ring (bicyclic) bond motifs is 2. The summed E-state index contributed by atoms with van der Waals surface area (Å²) < 4.78 is 2.03. The van der Waals surface area contributed by atoms with Gasteiger partial charge in [-0.15, -0.1) is 0 Å². The highest BCUT2D eigenvalue weighted by Crippen LogP contribution is 2.35. The van der Waals surface area contributed by atoms with Crippen molar-refractivity contribution in [1.82, 2.24) is 9.78 Å². The first-order valence-electron chi connectivity index (χ1n) is 13.2. The van der Waals surface area contributed by atoms with E-state index in [4.69, 9.17) is 5.10 Å². The van der Waals surface area contributed by atoms with Crippen LogP contribution in [0.3, 0.4) is 0 Å². The summed E-state index contributed by atoms with van der Waals surface area (Å²) in [5, 5.41) is 4.98. The SMILES string of the molecule is O=C(c1nn(-c2ccccc2)c2c1CCCCC2)N1CCCN(Cc2ccccc2)c2ccccc21. The molecule has 5 heteroatoms. The van der Waals surface area contributed by atoms with Gasteiger partial charge in [-0.1, -0.05) is 67.1 Å². The quantitative estimate of drug-likeness (QED) is 0.329. The Bertz CT molecular complexity index is 1350. The van der Waals surface area contributed by atoms with Gasteiger partial charge in [0.25, 0.3) is 5.91 Å². The molecule has 182 valence electrons. The van der Waals surface area contributed by atoms with E-state index in [1.807, 2.05) is 33.8 Å². The number of carbonyl (C=O) groups is 1. The Morgan fingerprint density at radius 3 is 2.22 bits per heavy atom.